The van der Waals surface area contributed by atoms with Gasteiger partial charge in [0.15, 0.2) is 34.6 Å². The van der Waals surface area contributed by atoms with Crippen LogP contribution in [0.15, 0.2) is 272 Å². The Morgan fingerprint density at radius 1 is 0.526 bits per heavy atom. The summed E-state index contributed by atoms with van der Waals surface area (Å²) in [6, 6.07) is 65.1. The molecule has 0 atom stereocenters. The van der Waals surface area contributed by atoms with Crippen LogP contribution < -0.4 is 0 Å². The van der Waals surface area contributed by atoms with Crippen LogP contribution in [0.25, 0.3) is 55.9 Å². The van der Waals surface area contributed by atoms with Crippen molar-refractivity contribution >= 4 is 124 Å². The average molecular weight is 1620 g/mol. The van der Waals surface area contributed by atoms with E-state index >= 15 is 0 Å². The van der Waals surface area contributed by atoms with Crippen LogP contribution in [0, 0.1) is 17.7 Å². The van der Waals surface area contributed by atoms with Gasteiger partial charge < -0.3 is 27.0 Å². The lowest BCUT2D eigenvalue weighted by Gasteiger charge is -2.26. The molecule has 0 aliphatic carbocycles. The first-order chi connectivity index (χ1) is 56.6. The van der Waals surface area contributed by atoms with Gasteiger partial charge in [0.05, 0.1) is 60.4 Å². The highest BCUT2D eigenvalue weighted by Crippen LogP contribution is 2.36. The van der Waals surface area contributed by atoms with Crippen molar-refractivity contribution in [1.29, 1.82) is 0 Å². The Morgan fingerprint density at radius 2 is 1.10 bits per heavy atom. The molecular weight excluding hydrogens is 1540 g/mol. The number of ketones is 4. The van der Waals surface area contributed by atoms with Gasteiger partial charge in [-0.1, -0.05) is 128 Å². The second-order valence-corrected chi connectivity index (χ2v) is 31.4. The number of carbonyl (C=O) groups is 4. The Hall–Kier alpha value is -11.9. The van der Waals surface area contributed by atoms with Gasteiger partial charge >= 0.3 is 0 Å². The number of benzene rings is 6. The third kappa shape index (κ3) is 22.1. The van der Waals surface area contributed by atoms with Crippen molar-refractivity contribution in [2.24, 2.45) is 30.6 Å². The van der Waals surface area contributed by atoms with E-state index < -0.39 is 0 Å². The maximum absolute atomic E-state index is 13.2. The molecule has 4 aliphatic heterocycles. The summed E-state index contributed by atoms with van der Waals surface area (Å²) in [7, 11) is 0. The number of halogens is 1. The number of hydrogen-bond acceptors (Lipinski definition) is 23. The van der Waals surface area contributed by atoms with Gasteiger partial charge in [-0.15, -0.1) is 55.7 Å². The highest BCUT2D eigenvalue weighted by molar-refractivity contribution is 8.15. The van der Waals surface area contributed by atoms with Gasteiger partial charge in [0.1, 0.15) is 78.5 Å². The second-order valence-electron chi connectivity index (χ2n) is 27.3. The standard InChI is InChI=1S/C24H19FN4O2S.C23H20N2O2S.C23H18N2O2S.C19H23N5O3S/c1-15(30)14-32-24-26-23(27-28-24)22-9-8-21(31-22)18-4-7-20-17(12-18)10-11-29(20)13-16-2-5-19(25)6-3-16;1-16(26)15-28-22-14-19(24-25-22)20-12-13-21(27-20)23(17-8-4-2-5-9-17)18-10-6-3-7-11-18;1-2-19(26)15-28-23-14-21(24-25-23)22-12-11-20(27-22)10-8-16-7-9-17-5-3-4-6-18(17)13-16;1-14(25)13-28-19-10-16(21-22-19)18-3-2-17(27-18)15-11-20-24(12-15)5-4-23-6-8-26-9-7-23/h2-12H,13-14H2,1H3,(H,26,27,28);2-13,23H,14-15H2,1H3;3-7,9,11-13H,2,14-15H2,1H3;2-3,11-12H,4-10,13H2,1H3. The van der Waals surface area contributed by atoms with Crippen molar-refractivity contribution in [2.45, 2.75) is 77.5 Å². The number of morpholine rings is 1. The molecule has 116 heavy (non-hydrogen) atoms. The molecule has 1 fully saturated rings. The van der Waals surface area contributed by atoms with E-state index in [1.807, 2.05) is 139 Å². The maximum Gasteiger partial charge on any atom is 0.209 e. The molecule has 0 amide bonds. The third-order valence-electron chi connectivity index (χ3n) is 18.5. The van der Waals surface area contributed by atoms with Gasteiger partial charge in [0.2, 0.25) is 5.16 Å². The molecule has 0 bridgehead atoms. The SMILES string of the molecule is CC(=O)CSC1=NN=C(c2ccc(-c3cnn(CCN4CCOCC4)c3)o2)C1.CC(=O)CSC1=NN=C(c2ccc(C(c3ccccc3)c3ccccc3)o2)C1.CC(=O)CSc1n[nH]c(-c2ccc(-c3ccc4c(ccn4Cc4ccc(F)cc4)c3)o2)n1.CCC(=O)CSC1=NN=C(c2ccc(C#Cc3ccc4ccccc4c3)o2)C1. The molecule has 1 saturated heterocycles. The Morgan fingerprint density at radius 3 is 1.77 bits per heavy atom. The van der Waals surface area contributed by atoms with Crippen molar-refractivity contribution in [3.05, 3.63) is 276 Å². The molecule has 0 saturated carbocycles. The number of furan rings is 4. The van der Waals surface area contributed by atoms with Crippen molar-refractivity contribution in [3.8, 4) is 46.1 Å². The van der Waals surface area contributed by atoms with Gasteiger partial charge in [-0.25, -0.2) is 4.39 Å². The van der Waals surface area contributed by atoms with Gasteiger partial charge in [0.25, 0.3) is 0 Å². The van der Waals surface area contributed by atoms with Crippen molar-refractivity contribution in [3.63, 3.8) is 0 Å². The van der Waals surface area contributed by atoms with Gasteiger partial charge in [-0.2, -0.15) is 25.4 Å². The maximum atomic E-state index is 13.2. The Kier molecular flexibility index (Phi) is 27.4. The molecule has 22 nitrogen and oxygen atoms in total. The van der Waals surface area contributed by atoms with Crippen LogP contribution in [0.4, 0.5) is 4.39 Å². The Labute approximate surface area is 685 Å². The lowest BCUT2D eigenvalue weighted by molar-refractivity contribution is -0.116. The number of H-pyrrole nitrogens is 1. The summed E-state index contributed by atoms with van der Waals surface area (Å²) in [5.41, 5.74) is 9.68. The molecule has 6 aromatic carbocycles. The summed E-state index contributed by atoms with van der Waals surface area (Å²) in [5, 5.41) is 43.1. The molecule has 17 rings (SSSR count). The fraction of sp³-hybridized carbons (Fsp3) is 0.225. The predicted octanol–water partition coefficient (Wildman–Crippen LogP) is 18.2. The quantitative estimate of drug-likeness (QED) is 0.0435. The molecule has 13 aromatic rings. The second kappa shape index (κ2) is 39.4. The molecular formula is C89H80FN13O9S4. The van der Waals surface area contributed by atoms with E-state index in [4.69, 9.17) is 22.4 Å². The highest BCUT2D eigenvalue weighted by atomic mass is 32.2. The molecule has 27 heteroatoms. The lowest BCUT2D eigenvalue weighted by Crippen LogP contribution is -2.38. The zero-order valence-electron chi connectivity index (χ0n) is 64.0. The first kappa shape index (κ1) is 80.7. The molecule has 0 unspecified atom stereocenters. The largest absolute Gasteiger partial charge is 0.459 e. The molecule has 11 heterocycles. The third-order valence-corrected chi connectivity index (χ3v) is 22.7. The number of aromatic amines is 1. The number of thioether (sulfide) groups is 4. The average Bonchev–Trinajstić information content (AvgIpc) is 1.64. The number of rotatable bonds is 24. The van der Waals surface area contributed by atoms with Crippen molar-refractivity contribution in [2.75, 3.05) is 55.9 Å². The minimum atomic E-state index is -0.232. The molecule has 586 valence electrons. The first-order valence-corrected chi connectivity index (χ1v) is 41.6. The number of ether oxygens (including phenoxy) is 1. The zero-order chi connectivity index (χ0) is 80.1. The number of nitrogens with zero attached hydrogens (tertiary/aromatic N) is 12. The van der Waals surface area contributed by atoms with E-state index in [-0.39, 0.29) is 34.9 Å². The fourth-order valence-electron chi connectivity index (χ4n) is 12.5. The van der Waals surface area contributed by atoms with E-state index in [0.29, 0.717) is 89.3 Å². The number of nitrogens with one attached hydrogen (secondary N) is 1. The monoisotopic (exact) mass is 1620 g/mol. The minimum absolute atomic E-state index is 0.0191. The summed E-state index contributed by atoms with van der Waals surface area (Å²) < 4.78 is 46.6. The van der Waals surface area contributed by atoms with E-state index in [0.717, 1.165) is 128 Å². The summed E-state index contributed by atoms with van der Waals surface area (Å²) in [6.07, 6.45) is 8.20. The topological polar surface area (TPSA) is 272 Å². The lowest BCUT2D eigenvalue weighted by atomic mass is 9.89. The number of carbonyl (C=O) groups excluding carboxylic acids is 4. The summed E-state index contributed by atoms with van der Waals surface area (Å²) in [6.45, 7) is 12.6. The predicted molar refractivity (Wildman–Crippen MR) is 460 cm³/mol. The van der Waals surface area contributed by atoms with Crippen LogP contribution in [0.1, 0.15) is 110 Å². The number of fused-ring (bicyclic) bond motifs is 2. The molecule has 0 spiro atoms. The van der Waals surface area contributed by atoms with Crippen molar-refractivity contribution < 1.29 is 46.0 Å². The van der Waals surface area contributed by atoms with E-state index in [2.05, 4.69) is 139 Å². The normalized spacial score (nSPS) is 13.8. The minimum Gasteiger partial charge on any atom is -0.459 e. The van der Waals surface area contributed by atoms with Crippen LogP contribution in [-0.2, 0) is 37.0 Å². The van der Waals surface area contributed by atoms with Crippen LogP contribution in [0.5, 0.6) is 0 Å². The first-order valence-electron chi connectivity index (χ1n) is 37.7. The fourth-order valence-corrected chi connectivity index (χ4v) is 15.4. The smallest absolute Gasteiger partial charge is 0.209 e. The van der Waals surface area contributed by atoms with E-state index in [1.165, 1.54) is 88.0 Å². The van der Waals surface area contributed by atoms with Gasteiger partial charge in [0, 0.05) is 86.3 Å². The van der Waals surface area contributed by atoms with Gasteiger partial charge in [-0.3, -0.25) is 33.9 Å². The van der Waals surface area contributed by atoms with Gasteiger partial charge in [-0.05, 0) is 151 Å². The Bertz CT molecular complexity index is 5870. The highest BCUT2D eigenvalue weighted by Gasteiger charge is 2.26. The molecule has 1 N–H and O–H groups in total. The van der Waals surface area contributed by atoms with Crippen LogP contribution in [-0.4, -0.2) is 146 Å². The zero-order valence-corrected chi connectivity index (χ0v) is 67.3. The molecule has 7 aromatic heterocycles. The number of aromatic nitrogens is 6. The summed E-state index contributed by atoms with van der Waals surface area (Å²) in [4.78, 5) is 51.6. The number of hydrogen-bond donors (Lipinski definition) is 1. The van der Waals surface area contributed by atoms with Crippen LogP contribution >= 0.6 is 47.0 Å². The molecule has 0 radical (unpaired) electrons. The number of Topliss-reactive ketones (excluding diaryl/α,β-unsaturated/α-hetero) is 4. The van der Waals surface area contributed by atoms with E-state index in [1.54, 1.807) is 26.0 Å². The van der Waals surface area contributed by atoms with Crippen LogP contribution in [0.3, 0.4) is 0 Å². The Balaban J connectivity index is 0.000000128. The summed E-state index contributed by atoms with van der Waals surface area (Å²) in [5.74, 6) is 14.4. The van der Waals surface area contributed by atoms with Crippen molar-refractivity contribution in [1.82, 2.24) is 34.4 Å². The van der Waals surface area contributed by atoms with Crippen LogP contribution in [0.2, 0.25) is 0 Å². The summed E-state index contributed by atoms with van der Waals surface area (Å²) >= 11 is 5.61. The van der Waals surface area contributed by atoms with E-state index in [9.17, 15) is 23.6 Å². The molecule has 4 aliphatic rings.